The Morgan fingerprint density at radius 3 is 2.25 bits per heavy atom. The molecule has 1 aromatic carbocycles. The van der Waals surface area contributed by atoms with E-state index in [9.17, 15) is 15.3 Å². The number of rotatable bonds is 4. The van der Waals surface area contributed by atoms with Crippen molar-refractivity contribution in [2.45, 2.75) is 49.9 Å². The number of aliphatic hydroxyl groups is 2. The van der Waals surface area contributed by atoms with Crippen LogP contribution in [-0.4, -0.2) is 46.0 Å². The Bertz CT molecular complexity index is 422. The van der Waals surface area contributed by atoms with Crippen molar-refractivity contribution in [1.29, 1.82) is 0 Å². The molecule has 0 heterocycles. The van der Waals surface area contributed by atoms with Crippen molar-refractivity contribution < 1.29 is 15.3 Å². The van der Waals surface area contributed by atoms with Gasteiger partial charge in [0.2, 0.25) is 0 Å². The molecule has 0 saturated heterocycles. The third-order valence-corrected chi connectivity index (χ3v) is 4.36. The summed E-state index contributed by atoms with van der Waals surface area (Å²) in [6.07, 6.45) is 3.03. The summed E-state index contributed by atoms with van der Waals surface area (Å²) in [6, 6.07) is 7.28. The lowest BCUT2D eigenvalue weighted by Crippen LogP contribution is -2.39. The maximum Gasteiger partial charge on any atom is 0.115 e. The fraction of sp³-hybridized carbons (Fsp3) is 0.625. The van der Waals surface area contributed by atoms with Crippen LogP contribution in [0.1, 0.15) is 43.7 Å². The Labute approximate surface area is 120 Å². The third kappa shape index (κ3) is 3.72. The predicted molar refractivity (Wildman–Crippen MR) is 78.6 cm³/mol. The van der Waals surface area contributed by atoms with E-state index in [1.807, 2.05) is 26.2 Å². The molecule has 1 unspecified atom stereocenters. The Kier molecular flexibility index (Phi) is 4.68. The number of hydrogen-bond acceptors (Lipinski definition) is 4. The second-order valence-electron chi connectivity index (χ2n) is 6.23. The minimum absolute atomic E-state index is 0.107. The summed E-state index contributed by atoms with van der Waals surface area (Å²) in [4.78, 5) is 2.09. The number of benzene rings is 1. The summed E-state index contributed by atoms with van der Waals surface area (Å²) in [6.45, 7) is 0. The number of aromatic hydroxyl groups is 1. The molecule has 4 nitrogen and oxygen atoms in total. The van der Waals surface area contributed by atoms with Gasteiger partial charge in [-0.25, -0.2) is 0 Å². The van der Waals surface area contributed by atoms with Crippen LogP contribution in [0.2, 0.25) is 0 Å². The normalized spacial score (nSPS) is 28.6. The monoisotopic (exact) mass is 279 g/mol. The van der Waals surface area contributed by atoms with Crippen LogP contribution < -0.4 is 0 Å². The van der Waals surface area contributed by atoms with Crippen LogP contribution in [0.25, 0.3) is 0 Å². The molecule has 0 spiro atoms. The fourth-order valence-corrected chi connectivity index (χ4v) is 3.00. The lowest BCUT2D eigenvalue weighted by atomic mass is 9.78. The molecule has 0 bridgehead atoms. The molecule has 0 amide bonds. The van der Waals surface area contributed by atoms with Crippen LogP contribution in [0, 0.1) is 0 Å². The molecule has 2 rings (SSSR count). The van der Waals surface area contributed by atoms with Crippen molar-refractivity contribution in [3.05, 3.63) is 29.8 Å². The highest BCUT2D eigenvalue weighted by Gasteiger charge is 2.35. The summed E-state index contributed by atoms with van der Waals surface area (Å²) in [7, 11) is 4.00. The topological polar surface area (TPSA) is 63.9 Å². The summed E-state index contributed by atoms with van der Waals surface area (Å²) in [5.74, 6) is 0.255. The first kappa shape index (κ1) is 15.3. The van der Waals surface area contributed by atoms with Gasteiger partial charge in [0.15, 0.2) is 0 Å². The Morgan fingerprint density at radius 1 is 1.20 bits per heavy atom. The largest absolute Gasteiger partial charge is 0.508 e. The van der Waals surface area contributed by atoms with Gasteiger partial charge in [-0.05, 0) is 63.9 Å². The summed E-state index contributed by atoms with van der Waals surface area (Å²) in [5, 5.41) is 29.7. The van der Waals surface area contributed by atoms with Crippen LogP contribution in [0.3, 0.4) is 0 Å². The molecule has 0 aromatic heterocycles. The number of aliphatic hydroxyl groups excluding tert-OH is 1. The number of phenols is 1. The van der Waals surface area contributed by atoms with Crippen LogP contribution in [0.15, 0.2) is 24.3 Å². The molecule has 1 aliphatic rings. The zero-order chi connectivity index (χ0) is 14.8. The molecule has 0 radical (unpaired) electrons. The van der Waals surface area contributed by atoms with E-state index in [-0.39, 0.29) is 17.9 Å². The van der Waals surface area contributed by atoms with Crippen LogP contribution in [0.5, 0.6) is 5.75 Å². The second kappa shape index (κ2) is 6.12. The van der Waals surface area contributed by atoms with Gasteiger partial charge in [0.1, 0.15) is 5.75 Å². The standard InChI is InChI=1S/C16H25NO3/c1-17(2)15(12-3-5-13(18)6-4-12)11-16(20)9-7-14(19)8-10-16/h3-6,14-15,18-20H,7-11H2,1-2H3. The van der Waals surface area contributed by atoms with Gasteiger partial charge in [-0.15, -0.1) is 0 Å². The third-order valence-electron chi connectivity index (χ3n) is 4.36. The van der Waals surface area contributed by atoms with Gasteiger partial charge in [-0.2, -0.15) is 0 Å². The molecule has 112 valence electrons. The highest BCUT2D eigenvalue weighted by molar-refractivity contribution is 5.28. The predicted octanol–water partition coefficient (Wildman–Crippen LogP) is 2.05. The molecule has 1 aliphatic carbocycles. The number of nitrogens with zero attached hydrogens (tertiary/aromatic N) is 1. The van der Waals surface area contributed by atoms with Crippen molar-refractivity contribution >= 4 is 0 Å². The van der Waals surface area contributed by atoms with Crippen molar-refractivity contribution in [3.8, 4) is 5.75 Å². The van der Waals surface area contributed by atoms with Gasteiger partial charge in [0.25, 0.3) is 0 Å². The molecule has 1 aromatic rings. The maximum atomic E-state index is 10.7. The molecule has 0 aliphatic heterocycles. The lowest BCUT2D eigenvalue weighted by Gasteiger charge is -2.39. The van der Waals surface area contributed by atoms with E-state index in [2.05, 4.69) is 4.90 Å². The maximum absolute atomic E-state index is 10.7. The first-order valence-electron chi connectivity index (χ1n) is 7.25. The molecular weight excluding hydrogens is 254 g/mol. The van der Waals surface area contributed by atoms with Crippen molar-refractivity contribution in [2.24, 2.45) is 0 Å². The van der Waals surface area contributed by atoms with Crippen LogP contribution in [0.4, 0.5) is 0 Å². The zero-order valence-electron chi connectivity index (χ0n) is 12.3. The number of hydrogen-bond donors (Lipinski definition) is 3. The molecule has 1 fully saturated rings. The average molecular weight is 279 g/mol. The van der Waals surface area contributed by atoms with Gasteiger partial charge in [-0.1, -0.05) is 12.1 Å². The minimum atomic E-state index is -0.702. The Hall–Kier alpha value is -1.10. The summed E-state index contributed by atoms with van der Waals surface area (Å²) in [5.41, 5.74) is 0.388. The van der Waals surface area contributed by atoms with E-state index in [0.717, 1.165) is 5.56 Å². The first-order valence-corrected chi connectivity index (χ1v) is 7.25. The van der Waals surface area contributed by atoms with Gasteiger partial charge < -0.3 is 20.2 Å². The first-order chi connectivity index (χ1) is 9.39. The summed E-state index contributed by atoms with van der Waals surface area (Å²) < 4.78 is 0. The molecule has 1 atom stereocenters. The van der Waals surface area contributed by atoms with E-state index in [4.69, 9.17) is 0 Å². The molecule has 20 heavy (non-hydrogen) atoms. The lowest BCUT2D eigenvalue weighted by molar-refractivity contribution is -0.0508. The van der Waals surface area contributed by atoms with Crippen molar-refractivity contribution in [1.82, 2.24) is 4.90 Å². The SMILES string of the molecule is CN(C)C(CC1(O)CCC(O)CC1)c1ccc(O)cc1. The average Bonchev–Trinajstić information content (AvgIpc) is 2.41. The van der Waals surface area contributed by atoms with Crippen LogP contribution >= 0.6 is 0 Å². The van der Waals surface area contributed by atoms with E-state index in [0.29, 0.717) is 32.1 Å². The van der Waals surface area contributed by atoms with Crippen LogP contribution in [-0.2, 0) is 0 Å². The van der Waals surface area contributed by atoms with Gasteiger partial charge >= 0.3 is 0 Å². The van der Waals surface area contributed by atoms with E-state index in [1.54, 1.807) is 12.1 Å². The summed E-state index contributed by atoms with van der Waals surface area (Å²) >= 11 is 0. The van der Waals surface area contributed by atoms with Crippen molar-refractivity contribution in [2.75, 3.05) is 14.1 Å². The van der Waals surface area contributed by atoms with E-state index < -0.39 is 5.60 Å². The van der Waals surface area contributed by atoms with Crippen molar-refractivity contribution in [3.63, 3.8) is 0 Å². The zero-order valence-corrected chi connectivity index (χ0v) is 12.3. The highest BCUT2D eigenvalue weighted by Crippen LogP contribution is 2.37. The highest BCUT2D eigenvalue weighted by atomic mass is 16.3. The number of phenolic OH excluding ortho intramolecular Hbond substituents is 1. The quantitative estimate of drug-likeness (QED) is 0.789. The van der Waals surface area contributed by atoms with Gasteiger partial charge in [0, 0.05) is 6.04 Å². The van der Waals surface area contributed by atoms with E-state index in [1.165, 1.54) is 0 Å². The molecule has 3 N–H and O–H groups in total. The Balaban J connectivity index is 2.11. The smallest absolute Gasteiger partial charge is 0.115 e. The van der Waals surface area contributed by atoms with Gasteiger partial charge in [-0.3, -0.25) is 0 Å². The van der Waals surface area contributed by atoms with E-state index >= 15 is 0 Å². The fourth-order valence-electron chi connectivity index (χ4n) is 3.00. The molecular formula is C16H25NO3. The second-order valence-corrected chi connectivity index (χ2v) is 6.23. The molecule has 1 saturated carbocycles. The molecule has 4 heteroatoms. The minimum Gasteiger partial charge on any atom is -0.508 e. The Morgan fingerprint density at radius 2 is 1.75 bits per heavy atom. The van der Waals surface area contributed by atoms with Gasteiger partial charge in [0.05, 0.1) is 11.7 Å².